The number of rotatable bonds is 8. The lowest BCUT2D eigenvalue weighted by atomic mass is 10.2. The Labute approximate surface area is 141 Å². The number of ether oxygens (including phenoxy) is 1. The van der Waals surface area contributed by atoms with E-state index in [0.29, 0.717) is 6.04 Å². The second-order valence-electron chi connectivity index (χ2n) is 6.86. The van der Waals surface area contributed by atoms with Crippen LogP contribution in [0.5, 0.6) is 0 Å². The number of hydrogen-bond acceptors (Lipinski definition) is 4. The highest BCUT2D eigenvalue weighted by molar-refractivity contribution is 5.80. The van der Waals surface area contributed by atoms with Gasteiger partial charge in [-0.25, -0.2) is 0 Å². The van der Waals surface area contributed by atoms with E-state index < -0.39 is 0 Å². The van der Waals surface area contributed by atoms with Crippen molar-refractivity contribution in [1.29, 1.82) is 0 Å². The zero-order valence-corrected chi connectivity index (χ0v) is 15.2. The maximum atomic E-state index is 5.10. The Balaban J connectivity index is 1.63. The van der Waals surface area contributed by atoms with Crippen LogP contribution in [0.2, 0.25) is 0 Å². The highest BCUT2D eigenvalue weighted by Gasteiger charge is 2.30. The first-order valence-electron chi connectivity index (χ1n) is 9.11. The molecule has 2 rings (SSSR count). The minimum absolute atomic E-state index is 0.535. The number of aliphatic imine (C=N–C) groups is 1. The quantitative estimate of drug-likeness (QED) is 0.509. The third kappa shape index (κ3) is 6.28. The zero-order chi connectivity index (χ0) is 16.5. The summed E-state index contributed by atoms with van der Waals surface area (Å²) in [5.74, 6) is 0.934. The molecule has 0 bridgehead atoms. The number of methoxy groups -OCH3 is 1. The minimum Gasteiger partial charge on any atom is -0.383 e. The Hall–Kier alpha value is -0.850. The van der Waals surface area contributed by atoms with Gasteiger partial charge in [-0.15, -0.1) is 0 Å². The fraction of sp³-hybridized carbons (Fsp3) is 0.941. The van der Waals surface area contributed by atoms with Gasteiger partial charge >= 0.3 is 0 Å². The molecule has 1 heterocycles. The number of likely N-dealkylation sites (tertiary alicyclic amines) is 1. The lowest BCUT2D eigenvalue weighted by molar-refractivity contribution is 0.162. The first kappa shape index (κ1) is 18.5. The van der Waals surface area contributed by atoms with Crippen molar-refractivity contribution in [2.24, 2.45) is 4.99 Å². The average molecular weight is 326 g/mol. The van der Waals surface area contributed by atoms with Crippen LogP contribution < -0.4 is 10.6 Å². The lowest BCUT2D eigenvalue weighted by Gasteiger charge is -2.24. The fourth-order valence-corrected chi connectivity index (χ4v) is 3.62. The maximum Gasteiger partial charge on any atom is 0.191 e. The fourth-order valence-electron chi connectivity index (χ4n) is 3.62. The Morgan fingerprint density at radius 2 is 2.04 bits per heavy atom. The summed E-state index contributed by atoms with van der Waals surface area (Å²) in [6.45, 7) is 6.03. The molecule has 0 aromatic heterocycles. The Bertz CT molecular complexity index is 357. The molecule has 23 heavy (non-hydrogen) atoms. The molecule has 1 aliphatic carbocycles. The molecular formula is C17H35N5O. The SMILES string of the molecule is CN=C(NCCN(C)CCOC)NC1CCN(C2CCCC2)C1. The van der Waals surface area contributed by atoms with E-state index in [1.54, 1.807) is 7.11 Å². The molecule has 6 heteroatoms. The van der Waals surface area contributed by atoms with Crippen LogP contribution in [0, 0.1) is 0 Å². The summed E-state index contributed by atoms with van der Waals surface area (Å²) in [4.78, 5) is 9.31. The van der Waals surface area contributed by atoms with Gasteiger partial charge in [-0.3, -0.25) is 9.89 Å². The molecule has 2 aliphatic rings. The third-order valence-corrected chi connectivity index (χ3v) is 5.09. The molecule has 1 saturated heterocycles. The van der Waals surface area contributed by atoms with Gasteiger partial charge in [0.1, 0.15) is 0 Å². The van der Waals surface area contributed by atoms with Crippen molar-refractivity contribution in [2.75, 3.05) is 60.5 Å². The van der Waals surface area contributed by atoms with Crippen molar-refractivity contribution < 1.29 is 4.74 Å². The molecule has 1 saturated carbocycles. The van der Waals surface area contributed by atoms with Crippen LogP contribution in [0.4, 0.5) is 0 Å². The Morgan fingerprint density at radius 3 is 2.74 bits per heavy atom. The standard InChI is InChI=1S/C17H35N5O/c1-18-17(19-9-11-21(2)12-13-23-3)20-15-8-10-22(14-15)16-6-4-5-7-16/h15-16H,4-14H2,1-3H3,(H2,18,19,20). The van der Waals surface area contributed by atoms with Crippen molar-refractivity contribution >= 4 is 5.96 Å². The van der Waals surface area contributed by atoms with Crippen molar-refractivity contribution in [3.63, 3.8) is 0 Å². The van der Waals surface area contributed by atoms with Crippen LogP contribution in [0.25, 0.3) is 0 Å². The first-order chi connectivity index (χ1) is 11.2. The number of likely N-dealkylation sites (N-methyl/N-ethyl adjacent to an activating group) is 1. The monoisotopic (exact) mass is 325 g/mol. The molecule has 0 aromatic rings. The molecule has 1 aliphatic heterocycles. The van der Waals surface area contributed by atoms with Crippen LogP contribution in [0.15, 0.2) is 4.99 Å². The van der Waals surface area contributed by atoms with Crippen LogP contribution in [-0.4, -0.2) is 88.4 Å². The molecule has 134 valence electrons. The van der Waals surface area contributed by atoms with Crippen LogP contribution >= 0.6 is 0 Å². The summed E-state index contributed by atoms with van der Waals surface area (Å²) in [5, 5.41) is 7.02. The van der Waals surface area contributed by atoms with Gasteiger partial charge in [0.2, 0.25) is 0 Å². The molecule has 2 fully saturated rings. The van der Waals surface area contributed by atoms with Crippen molar-refractivity contribution in [2.45, 2.75) is 44.2 Å². The van der Waals surface area contributed by atoms with Crippen molar-refractivity contribution in [3.05, 3.63) is 0 Å². The molecule has 1 atom stereocenters. The van der Waals surface area contributed by atoms with Gasteiger partial charge in [0, 0.05) is 59.0 Å². The predicted molar refractivity (Wildman–Crippen MR) is 96.1 cm³/mol. The van der Waals surface area contributed by atoms with Gasteiger partial charge in [-0.1, -0.05) is 12.8 Å². The molecule has 0 amide bonds. The summed E-state index contributed by atoms with van der Waals surface area (Å²) in [6.07, 6.45) is 6.85. The van der Waals surface area contributed by atoms with E-state index in [4.69, 9.17) is 4.74 Å². The van der Waals surface area contributed by atoms with E-state index in [1.807, 2.05) is 7.05 Å². The van der Waals surface area contributed by atoms with Gasteiger partial charge in [-0.05, 0) is 26.3 Å². The zero-order valence-electron chi connectivity index (χ0n) is 15.2. The Kier molecular flexibility index (Phi) is 8.12. The molecule has 0 aromatic carbocycles. The lowest BCUT2D eigenvalue weighted by Crippen LogP contribution is -2.47. The predicted octanol–water partition coefficient (Wildman–Crippen LogP) is 0.747. The third-order valence-electron chi connectivity index (χ3n) is 5.09. The smallest absolute Gasteiger partial charge is 0.191 e. The minimum atomic E-state index is 0.535. The molecule has 1 unspecified atom stereocenters. The highest BCUT2D eigenvalue weighted by Crippen LogP contribution is 2.26. The number of guanidine groups is 1. The topological polar surface area (TPSA) is 52.1 Å². The van der Waals surface area contributed by atoms with E-state index in [1.165, 1.54) is 45.2 Å². The average Bonchev–Trinajstić information content (AvgIpc) is 3.23. The van der Waals surface area contributed by atoms with Crippen LogP contribution in [-0.2, 0) is 4.74 Å². The van der Waals surface area contributed by atoms with Gasteiger partial charge in [-0.2, -0.15) is 0 Å². The largest absolute Gasteiger partial charge is 0.383 e. The molecule has 2 N–H and O–H groups in total. The summed E-state index contributed by atoms with van der Waals surface area (Å²) in [6, 6.07) is 1.37. The van der Waals surface area contributed by atoms with Crippen molar-refractivity contribution in [3.8, 4) is 0 Å². The van der Waals surface area contributed by atoms with Crippen molar-refractivity contribution in [1.82, 2.24) is 20.4 Å². The number of hydrogen-bond donors (Lipinski definition) is 2. The van der Waals surface area contributed by atoms with Crippen LogP contribution in [0.3, 0.4) is 0 Å². The number of nitrogens with zero attached hydrogens (tertiary/aromatic N) is 3. The number of nitrogens with one attached hydrogen (secondary N) is 2. The highest BCUT2D eigenvalue weighted by atomic mass is 16.5. The van der Waals surface area contributed by atoms with E-state index in [0.717, 1.165) is 38.2 Å². The second kappa shape index (κ2) is 10.1. The summed E-state index contributed by atoms with van der Waals surface area (Å²) < 4.78 is 5.10. The molecule has 0 radical (unpaired) electrons. The maximum absolute atomic E-state index is 5.10. The first-order valence-corrected chi connectivity index (χ1v) is 9.11. The van der Waals surface area contributed by atoms with E-state index in [-0.39, 0.29) is 0 Å². The van der Waals surface area contributed by atoms with E-state index >= 15 is 0 Å². The molecule has 6 nitrogen and oxygen atoms in total. The normalized spacial score (nSPS) is 23.8. The van der Waals surface area contributed by atoms with E-state index in [9.17, 15) is 0 Å². The molecular weight excluding hydrogens is 290 g/mol. The van der Waals surface area contributed by atoms with Crippen LogP contribution in [0.1, 0.15) is 32.1 Å². The molecule has 0 spiro atoms. The van der Waals surface area contributed by atoms with Gasteiger partial charge in [0.15, 0.2) is 5.96 Å². The van der Waals surface area contributed by atoms with Gasteiger partial charge < -0.3 is 20.3 Å². The second-order valence-corrected chi connectivity index (χ2v) is 6.86. The summed E-state index contributed by atoms with van der Waals surface area (Å²) in [7, 11) is 5.72. The van der Waals surface area contributed by atoms with Gasteiger partial charge in [0.05, 0.1) is 6.61 Å². The Morgan fingerprint density at radius 1 is 1.26 bits per heavy atom. The summed E-state index contributed by atoms with van der Waals surface area (Å²) >= 11 is 0. The summed E-state index contributed by atoms with van der Waals surface area (Å²) in [5.41, 5.74) is 0. The van der Waals surface area contributed by atoms with Gasteiger partial charge in [0.25, 0.3) is 0 Å². The van der Waals surface area contributed by atoms with E-state index in [2.05, 4.69) is 32.5 Å².